The van der Waals surface area contributed by atoms with E-state index in [0.29, 0.717) is 5.41 Å². The van der Waals surface area contributed by atoms with Crippen LogP contribution >= 0.6 is 0 Å². The molecular formula is C9H17N. The fourth-order valence-electron chi connectivity index (χ4n) is 2.90. The number of fused-ring (bicyclic) bond motifs is 1. The smallest absolute Gasteiger partial charge is 0.0124 e. The molecule has 10 heavy (non-hydrogen) atoms. The molecule has 3 aliphatic rings. The molecule has 1 heteroatoms. The van der Waals surface area contributed by atoms with E-state index in [2.05, 4.69) is 19.2 Å². The first-order valence-electron chi connectivity index (χ1n) is 4.48. The molecule has 0 spiro atoms. The van der Waals surface area contributed by atoms with Crippen LogP contribution in [-0.4, -0.2) is 12.6 Å². The number of hydrogen-bond donors (Lipinski definition) is 1. The summed E-state index contributed by atoms with van der Waals surface area (Å²) in [5.41, 5.74) is 0.695. The van der Waals surface area contributed by atoms with Crippen molar-refractivity contribution in [3.05, 3.63) is 0 Å². The number of nitrogens with one attached hydrogen (secondary N) is 1. The molecule has 58 valence electrons. The highest BCUT2D eigenvalue weighted by atomic mass is 15.0. The number of rotatable bonds is 2. The SMILES string of the molecule is CCNC1CC2CC1(C)C2. The lowest BCUT2D eigenvalue weighted by Gasteiger charge is -2.37. The Morgan fingerprint density at radius 2 is 2.20 bits per heavy atom. The van der Waals surface area contributed by atoms with Gasteiger partial charge >= 0.3 is 0 Å². The molecule has 3 fully saturated rings. The molecule has 0 heterocycles. The van der Waals surface area contributed by atoms with E-state index < -0.39 is 0 Å². The van der Waals surface area contributed by atoms with Gasteiger partial charge in [-0.05, 0) is 37.1 Å². The van der Waals surface area contributed by atoms with Crippen molar-refractivity contribution in [2.24, 2.45) is 11.3 Å². The quantitative estimate of drug-likeness (QED) is 0.615. The van der Waals surface area contributed by atoms with Gasteiger partial charge in [0.05, 0.1) is 0 Å². The molecule has 0 amide bonds. The first-order chi connectivity index (χ1) is 4.74. The van der Waals surface area contributed by atoms with E-state index in [0.717, 1.165) is 18.5 Å². The Bertz CT molecular complexity index is 136. The van der Waals surface area contributed by atoms with Gasteiger partial charge in [-0.15, -0.1) is 0 Å². The molecule has 3 rings (SSSR count). The first-order valence-corrected chi connectivity index (χ1v) is 4.48. The first kappa shape index (κ1) is 6.66. The molecule has 3 saturated carbocycles. The monoisotopic (exact) mass is 139 g/mol. The van der Waals surface area contributed by atoms with Gasteiger partial charge in [0.25, 0.3) is 0 Å². The highest BCUT2D eigenvalue weighted by molar-refractivity contribution is 5.07. The minimum Gasteiger partial charge on any atom is -0.314 e. The van der Waals surface area contributed by atoms with E-state index in [1.807, 2.05) is 0 Å². The molecule has 0 aromatic carbocycles. The summed E-state index contributed by atoms with van der Waals surface area (Å²) in [6.45, 7) is 5.79. The zero-order chi connectivity index (χ0) is 7.19. The summed E-state index contributed by atoms with van der Waals surface area (Å²) in [5, 5.41) is 3.58. The highest BCUT2D eigenvalue weighted by Gasteiger charge is 2.53. The van der Waals surface area contributed by atoms with E-state index in [-0.39, 0.29) is 0 Å². The van der Waals surface area contributed by atoms with Crippen LogP contribution in [-0.2, 0) is 0 Å². The summed E-state index contributed by atoms with van der Waals surface area (Å²) in [6, 6.07) is 0.850. The van der Waals surface area contributed by atoms with Crippen LogP contribution in [0.4, 0.5) is 0 Å². The molecule has 3 aliphatic carbocycles. The van der Waals surface area contributed by atoms with Gasteiger partial charge in [0.15, 0.2) is 0 Å². The van der Waals surface area contributed by atoms with E-state index >= 15 is 0 Å². The van der Waals surface area contributed by atoms with Crippen molar-refractivity contribution >= 4 is 0 Å². The van der Waals surface area contributed by atoms with Crippen molar-refractivity contribution in [2.75, 3.05) is 6.54 Å². The van der Waals surface area contributed by atoms with Crippen molar-refractivity contribution in [1.29, 1.82) is 0 Å². The standard InChI is InChI=1S/C9H17N/c1-3-10-8-4-7-5-9(8,2)6-7/h7-8,10H,3-6H2,1-2H3. The van der Waals surface area contributed by atoms with Gasteiger partial charge in [-0.1, -0.05) is 13.8 Å². The van der Waals surface area contributed by atoms with Gasteiger partial charge in [-0.2, -0.15) is 0 Å². The summed E-state index contributed by atoms with van der Waals surface area (Å²) in [5.74, 6) is 1.08. The van der Waals surface area contributed by atoms with E-state index in [4.69, 9.17) is 0 Å². The molecule has 0 radical (unpaired) electrons. The largest absolute Gasteiger partial charge is 0.314 e. The van der Waals surface area contributed by atoms with Crippen LogP contribution in [0.15, 0.2) is 0 Å². The zero-order valence-corrected chi connectivity index (χ0v) is 6.98. The predicted molar refractivity (Wildman–Crippen MR) is 42.9 cm³/mol. The van der Waals surface area contributed by atoms with E-state index in [9.17, 15) is 0 Å². The van der Waals surface area contributed by atoms with Gasteiger partial charge < -0.3 is 5.32 Å². The summed E-state index contributed by atoms with van der Waals surface area (Å²) < 4.78 is 0. The minimum atomic E-state index is 0.695. The minimum absolute atomic E-state index is 0.695. The van der Waals surface area contributed by atoms with Crippen LogP contribution in [0.3, 0.4) is 0 Å². The lowest BCUT2D eigenvalue weighted by atomic mass is 9.70. The van der Waals surface area contributed by atoms with Crippen LogP contribution in [0.2, 0.25) is 0 Å². The van der Waals surface area contributed by atoms with Gasteiger partial charge in [0.2, 0.25) is 0 Å². The van der Waals surface area contributed by atoms with Crippen LogP contribution in [0, 0.1) is 11.3 Å². The average Bonchev–Trinajstić information content (AvgIpc) is 2.21. The highest BCUT2D eigenvalue weighted by Crippen LogP contribution is 2.58. The topological polar surface area (TPSA) is 12.0 Å². The average molecular weight is 139 g/mol. The van der Waals surface area contributed by atoms with Crippen molar-refractivity contribution in [2.45, 2.75) is 39.2 Å². The van der Waals surface area contributed by atoms with E-state index in [1.54, 1.807) is 0 Å². The normalized spacial score (nSPS) is 51.0. The Morgan fingerprint density at radius 3 is 2.60 bits per heavy atom. The fourth-order valence-corrected chi connectivity index (χ4v) is 2.90. The van der Waals surface area contributed by atoms with Crippen LogP contribution < -0.4 is 5.32 Å². The van der Waals surface area contributed by atoms with Gasteiger partial charge in [-0.3, -0.25) is 0 Å². The third kappa shape index (κ3) is 0.731. The molecule has 0 aromatic rings. The van der Waals surface area contributed by atoms with Crippen molar-refractivity contribution < 1.29 is 0 Å². The van der Waals surface area contributed by atoms with Crippen molar-refractivity contribution in [1.82, 2.24) is 5.32 Å². The fraction of sp³-hybridized carbons (Fsp3) is 1.00. The van der Waals surface area contributed by atoms with Crippen LogP contribution in [0.5, 0.6) is 0 Å². The second kappa shape index (κ2) is 1.97. The Morgan fingerprint density at radius 1 is 1.50 bits per heavy atom. The second-order valence-electron chi connectivity index (χ2n) is 4.27. The molecule has 1 unspecified atom stereocenters. The summed E-state index contributed by atoms with van der Waals surface area (Å²) in [4.78, 5) is 0. The predicted octanol–water partition coefficient (Wildman–Crippen LogP) is 1.78. The Kier molecular flexibility index (Phi) is 1.31. The Hall–Kier alpha value is -0.0400. The maximum atomic E-state index is 3.58. The maximum absolute atomic E-state index is 3.58. The molecule has 1 atom stereocenters. The lowest BCUT2D eigenvalue weighted by molar-refractivity contribution is 0.146. The third-order valence-corrected chi connectivity index (χ3v) is 3.37. The zero-order valence-electron chi connectivity index (χ0n) is 6.98. The summed E-state index contributed by atoms with van der Waals surface area (Å²) in [6.07, 6.45) is 4.43. The molecule has 0 saturated heterocycles. The van der Waals surface area contributed by atoms with Crippen molar-refractivity contribution in [3.63, 3.8) is 0 Å². The van der Waals surface area contributed by atoms with Gasteiger partial charge in [-0.25, -0.2) is 0 Å². The molecule has 1 nitrogen and oxygen atoms in total. The third-order valence-electron chi connectivity index (χ3n) is 3.37. The van der Waals surface area contributed by atoms with Gasteiger partial charge in [0, 0.05) is 6.04 Å². The lowest BCUT2D eigenvalue weighted by Crippen LogP contribution is -2.40. The summed E-state index contributed by atoms with van der Waals surface area (Å²) >= 11 is 0. The maximum Gasteiger partial charge on any atom is 0.0124 e. The van der Waals surface area contributed by atoms with Gasteiger partial charge in [0.1, 0.15) is 0 Å². The van der Waals surface area contributed by atoms with Crippen LogP contribution in [0.1, 0.15) is 33.1 Å². The van der Waals surface area contributed by atoms with Crippen molar-refractivity contribution in [3.8, 4) is 0 Å². The Labute approximate surface area is 63.2 Å². The van der Waals surface area contributed by atoms with Crippen LogP contribution in [0.25, 0.3) is 0 Å². The molecule has 0 aromatic heterocycles. The Balaban J connectivity index is 1.98. The number of hydrogen-bond acceptors (Lipinski definition) is 1. The molecule has 0 aliphatic heterocycles. The second-order valence-corrected chi connectivity index (χ2v) is 4.27. The summed E-state index contributed by atoms with van der Waals surface area (Å²) in [7, 11) is 0. The molecule has 2 bridgehead atoms. The molecule has 1 N–H and O–H groups in total. The van der Waals surface area contributed by atoms with E-state index in [1.165, 1.54) is 19.3 Å². The molecular weight excluding hydrogens is 122 g/mol.